The first-order valence-corrected chi connectivity index (χ1v) is 4.76. The lowest BCUT2D eigenvalue weighted by Crippen LogP contribution is -1.90. The average molecular weight is 189 g/mol. The van der Waals surface area contributed by atoms with Gasteiger partial charge in [0.15, 0.2) is 0 Å². The molecule has 2 heteroatoms. The molecule has 1 nitrogen and oxygen atoms in total. The second-order valence-electron chi connectivity index (χ2n) is 3.45. The second kappa shape index (κ2) is 3.37. The summed E-state index contributed by atoms with van der Waals surface area (Å²) in [6.07, 6.45) is 0.880. The van der Waals surface area contributed by atoms with E-state index in [2.05, 4.69) is 4.98 Å². The molecule has 0 amide bonds. The Hall–Kier alpha value is -1.44. The largest absolute Gasteiger partial charge is 0.253 e. The third kappa shape index (κ3) is 1.48. The van der Waals surface area contributed by atoms with Crippen LogP contribution in [0.2, 0.25) is 0 Å². The van der Waals surface area contributed by atoms with Crippen LogP contribution in [0, 0.1) is 12.7 Å². The molecule has 0 radical (unpaired) electrons. The van der Waals surface area contributed by atoms with Gasteiger partial charge in [0.05, 0.1) is 5.52 Å². The molecule has 0 saturated heterocycles. The van der Waals surface area contributed by atoms with Crippen molar-refractivity contribution in [2.24, 2.45) is 0 Å². The molecule has 0 aliphatic carbocycles. The highest BCUT2D eigenvalue weighted by atomic mass is 19.1. The highest BCUT2D eigenvalue weighted by molar-refractivity contribution is 5.79. The van der Waals surface area contributed by atoms with Crippen molar-refractivity contribution in [1.82, 2.24) is 4.98 Å². The first-order chi connectivity index (χ1) is 6.70. The van der Waals surface area contributed by atoms with Crippen LogP contribution < -0.4 is 0 Å². The number of benzene rings is 1. The van der Waals surface area contributed by atoms with Gasteiger partial charge in [-0.25, -0.2) is 4.39 Å². The minimum atomic E-state index is -0.182. The standard InChI is InChI=1S/C12H12FN/c1-3-10-5-4-9-6-8(2)11(13)7-12(9)14-10/h4-7H,3H2,1-2H3. The molecule has 1 heterocycles. The van der Waals surface area contributed by atoms with Crippen molar-refractivity contribution in [3.05, 3.63) is 41.3 Å². The Morgan fingerprint density at radius 2 is 2.07 bits per heavy atom. The lowest BCUT2D eigenvalue weighted by atomic mass is 10.1. The Kier molecular flexibility index (Phi) is 2.20. The monoisotopic (exact) mass is 189 g/mol. The molecule has 0 aliphatic heterocycles. The van der Waals surface area contributed by atoms with Gasteiger partial charge in [-0.3, -0.25) is 4.98 Å². The number of hydrogen-bond acceptors (Lipinski definition) is 1. The summed E-state index contributed by atoms with van der Waals surface area (Å²) in [5.74, 6) is -0.182. The molecule has 0 spiro atoms. The van der Waals surface area contributed by atoms with Crippen molar-refractivity contribution in [3.63, 3.8) is 0 Å². The normalized spacial score (nSPS) is 10.8. The van der Waals surface area contributed by atoms with E-state index < -0.39 is 0 Å². The molecule has 1 aromatic carbocycles. The van der Waals surface area contributed by atoms with Gasteiger partial charge >= 0.3 is 0 Å². The van der Waals surface area contributed by atoms with Crippen LogP contribution in [0.5, 0.6) is 0 Å². The summed E-state index contributed by atoms with van der Waals surface area (Å²) in [6.45, 7) is 3.81. The molecular formula is C12H12FN. The minimum absolute atomic E-state index is 0.182. The third-order valence-electron chi connectivity index (χ3n) is 2.39. The zero-order chi connectivity index (χ0) is 10.1. The summed E-state index contributed by atoms with van der Waals surface area (Å²) in [4.78, 5) is 4.36. The van der Waals surface area contributed by atoms with E-state index in [1.165, 1.54) is 6.07 Å². The molecule has 1 aromatic heterocycles. The molecule has 2 rings (SSSR count). The smallest absolute Gasteiger partial charge is 0.128 e. The van der Waals surface area contributed by atoms with Gasteiger partial charge in [0.1, 0.15) is 5.82 Å². The number of halogens is 1. The molecular weight excluding hydrogens is 177 g/mol. The zero-order valence-electron chi connectivity index (χ0n) is 8.34. The molecule has 0 unspecified atom stereocenters. The Morgan fingerprint density at radius 1 is 1.29 bits per heavy atom. The SMILES string of the molecule is CCc1ccc2cc(C)c(F)cc2n1. The molecule has 0 fully saturated rings. The summed E-state index contributed by atoms with van der Waals surface area (Å²) in [5.41, 5.74) is 2.41. The summed E-state index contributed by atoms with van der Waals surface area (Å²) >= 11 is 0. The topological polar surface area (TPSA) is 12.9 Å². The maximum Gasteiger partial charge on any atom is 0.128 e. The lowest BCUT2D eigenvalue weighted by Gasteiger charge is -2.02. The molecule has 0 atom stereocenters. The summed E-state index contributed by atoms with van der Waals surface area (Å²) in [6, 6.07) is 7.31. The van der Waals surface area contributed by atoms with Crippen LogP contribution in [0.1, 0.15) is 18.2 Å². The van der Waals surface area contributed by atoms with Crippen molar-refractivity contribution >= 4 is 10.9 Å². The van der Waals surface area contributed by atoms with Gasteiger partial charge in [-0.05, 0) is 31.0 Å². The number of pyridine rings is 1. The zero-order valence-corrected chi connectivity index (χ0v) is 8.34. The summed E-state index contributed by atoms with van der Waals surface area (Å²) < 4.78 is 13.2. The van der Waals surface area contributed by atoms with E-state index in [0.717, 1.165) is 23.0 Å². The lowest BCUT2D eigenvalue weighted by molar-refractivity contribution is 0.620. The Balaban J connectivity index is 2.70. The van der Waals surface area contributed by atoms with Gasteiger partial charge < -0.3 is 0 Å². The van der Waals surface area contributed by atoms with Gasteiger partial charge in [0, 0.05) is 17.1 Å². The van der Waals surface area contributed by atoms with Crippen LogP contribution in [0.4, 0.5) is 4.39 Å². The van der Waals surface area contributed by atoms with Crippen LogP contribution in [-0.2, 0) is 6.42 Å². The maximum absolute atomic E-state index is 13.2. The number of nitrogens with zero attached hydrogens (tertiary/aromatic N) is 1. The van der Waals surface area contributed by atoms with Crippen molar-refractivity contribution in [2.75, 3.05) is 0 Å². The molecule has 72 valence electrons. The van der Waals surface area contributed by atoms with Crippen molar-refractivity contribution in [1.29, 1.82) is 0 Å². The van der Waals surface area contributed by atoms with Crippen LogP contribution in [0.15, 0.2) is 24.3 Å². The van der Waals surface area contributed by atoms with Crippen LogP contribution in [-0.4, -0.2) is 4.98 Å². The van der Waals surface area contributed by atoms with Gasteiger partial charge in [-0.1, -0.05) is 13.0 Å². The Bertz CT molecular complexity index is 477. The quantitative estimate of drug-likeness (QED) is 0.671. The highest BCUT2D eigenvalue weighted by Gasteiger charge is 2.02. The minimum Gasteiger partial charge on any atom is -0.253 e. The number of aromatic nitrogens is 1. The number of rotatable bonds is 1. The van der Waals surface area contributed by atoms with E-state index >= 15 is 0 Å². The van der Waals surface area contributed by atoms with Gasteiger partial charge in [0.25, 0.3) is 0 Å². The van der Waals surface area contributed by atoms with Crippen molar-refractivity contribution in [3.8, 4) is 0 Å². The first-order valence-electron chi connectivity index (χ1n) is 4.76. The summed E-state index contributed by atoms with van der Waals surface area (Å²) in [5, 5.41) is 1.00. The number of fused-ring (bicyclic) bond motifs is 1. The fourth-order valence-corrected chi connectivity index (χ4v) is 1.50. The van der Waals surface area contributed by atoms with E-state index in [4.69, 9.17) is 0 Å². The second-order valence-corrected chi connectivity index (χ2v) is 3.45. The van der Waals surface area contributed by atoms with Crippen LogP contribution >= 0.6 is 0 Å². The van der Waals surface area contributed by atoms with E-state index in [-0.39, 0.29) is 5.82 Å². The summed E-state index contributed by atoms with van der Waals surface area (Å²) in [7, 11) is 0. The van der Waals surface area contributed by atoms with E-state index in [9.17, 15) is 4.39 Å². The predicted octanol–water partition coefficient (Wildman–Crippen LogP) is 3.24. The fraction of sp³-hybridized carbons (Fsp3) is 0.250. The maximum atomic E-state index is 13.2. The van der Waals surface area contributed by atoms with E-state index in [1.807, 2.05) is 25.1 Å². The molecule has 0 saturated carbocycles. The molecule has 14 heavy (non-hydrogen) atoms. The fourth-order valence-electron chi connectivity index (χ4n) is 1.50. The van der Waals surface area contributed by atoms with Crippen LogP contribution in [0.3, 0.4) is 0 Å². The van der Waals surface area contributed by atoms with Crippen molar-refractivity contribution < 1.29 is 4.39 Å². The Morgan fingerprint density at radius 3 is 2.79 bits per heavy atom. The Labute approximate surface area is 82.6 Å². The number of hydrogen-bond donors (Lipinski definition) is 0. The van der Waals surface area contributed by atoms with Gasteiger partial charge in [-0.15, -0.1) is 0 Å². The van der Waals surface area contributed by atoms with E-state index in [0.29, 0.717) is 5.56 Å². The van der Waals surface area contributed by atoms with Crippen molar-refractivity contribution in [2.45, 2.75) is 20.3 Å². The van der Waals surface area contributed by atoms with Crippen LogP contribution in [0.25, 0.3) is 10.9 Å². The highest BCUT2D eigenvalue weighted by Crippen LogP contribution is 2.17. The number of aryl methyl sites for hydroxylation is 2. The predicted molar refractivity (Wildman–Crippen MR) is 55.8 cm³/mol. The third-order valence-corrected chi connectivity index (χ3v) is 2.39. The first kappa shape index (κ1) is 9.13. The van der Waals surface area contributed by atoms with Gasteiger partial charge in [0.2, 0.25) is 0 Å². The molecule has 0 aliphatic rings. The molecule has 2 aromatic rings. The average Bonchev–Trinajstić information content (AvgIpc) is 2.19. The van der Waals surface area contributed by atoms with Gasteiger partial charge in [-0.2, -0.15) is 0 Å². The molecule has 0 bridgehead atoms. The van der Waals surface area contributed by atoms with E-state index in [1.54, 1.807) is 6.92 Å². The molecule has 0 N–H and O–H groups in total.